The molecule has 0 unspecified atom stereocenters. The molecule has 1 aromatic heterocycles. The third-order valence-electron chi connectivity index (χ3n) is 4.81. The summed E-state index contributed by atoms with van der Waals surface area (Å²) in [6.07, 6.45) is 1.55. The van der Waals surface area contributed by atoms with E-state index in [1.54, 1.807) is 25.5 Å². The molecular weight excluding hydrogens is 526 g/mol. The molecule has 1 amide bonds. The highest BCUT2D eigenvalue weighted by Crippen LogP contribution is 2.33. The van der Waals surface area contributed by atoms with Crippen molar-refractivity contribution >= 4 is 65.8 Å². The van der Waals surface area contributed by atoms with Gasteiger partial charge in [-0.25, -0.2) is 5.43 Å². The summed E-state index contributed by atoms with van der Waals surface area (Å²) in [5.41, 5.74) is 4.70. The maximum atomic E-state index is 12.8. The molecule has 3 aromatic carbocycles. The minimum absolute atomic E-state index is 0.0225. The Morgan fingerprint density at radius 1 is 1.03 bits per heavy atom. The van der Waals surface area contributed by atoms with Gasteiger partial charge in [-0.15, -0.1) is 0 Å². The predicted molar refractivity (Wildman–Crippen MR) is 130 cm³/mol. The number of carbonyl (C=O) groups excluding carboxylic acids is 1. The van der Waals surface area contributed by atoms with E-state index in [0.29, 0.717) is 27.6 Å². The first-order valence-electron chi connectivity index (χ1n) is 9.35. The van der Waals surface area contributed by atoms with Crippen molar-refractivity contribution in [3.05, 3.63) is 85.4 Å². The van der Waals surface area contributed by atoms with Crippen LogP contribution in [0.4, 0.5) is 0 Å². The van der Waals surface area contributed by atoms with Crippen LogP contribution in [0.3, 0.4) is 0 Å². The van der Waals surface area contributed by atoms with Gasteiger partial charge in [0.25, 0.3) is 5.91 Å². The molecular formula is C23H17Br2N3O3. The van der Waals surface area contributed by atoms with E-state index in [1.165, 1.54) is 0 Å². The third kappa shape index (κ3) is 4.26. The molecule has 0 radical (unpaired) electrons. The molecule has 0 aliphatic rings. The van der Waals surface area contributed by atoms with Gasteiger partial charge in [0.15, 0.2) is 5.43 Å². The lowest BCUT2D eigenvalue weighted by Gasteiger charge is -2.14. The Bertz CT molecular complexity index is 1310. The van der Waals surface area contributed by atoms with Gasteiger partial charge in [0.05, 0.1) is 33.3 Å². The van der Waals surface area contributed by atoms with E-state index in [4.69, 9.17) is 4.74 Å². The van der Waals surface area contributed by atoms with Crippen LogP contribution in [0, 0.1) is 0 Å². The average molecular weight is 543 g/mol. The van der Waals surface area contributed by atoms with Crippen LogP contribution >= 0.6 is 31.9 Å². The normalized spacial score (nSPS) is 11.3. The van der Waals surface area contributed by atoms with Gasteiger partial charge in [-0.1, -0.05) is 24.3 Å². The Balaban J connectivity index is 1.61. The highest BCUT2D eigenvalue weighted by atomic mass is 79.9. The highest BCUT2D eigenvalue weighted by Gasteiger charge is 2.12. The monoisotopic (exact) mass is 541 g/mol. The van der Waals surface area contributed by atoms with Crippen molar-refractivity contribution in [2.45, 2.75) is 6.54 Å². The zero-order valence-electron chi connectivity index (χ0n) is 16.4. The number of rotatable bonds is 5. The number of hydrogen-bond donors (Lipinski definition) is 1. The Hall–Kier alpha value is -2.97. The van der Waals surface area contributed by atoms with Crippen LogP contribution in [-0.2, 0) is 11.3 Å². The Morgan fingerprint density at radius 2 is 1.58 bits per heavy atom. The number of fused-ring (bicyclic) bond motifs is 2. The molecule has 0 bridgehead atoms. The molecule has 1 heterocycles. The van der Waals surface area contributed by atoms with E-state index in [0.717, 1.165) is 14.5 Å². The van der Waals surface area contributed by atoms with Crippen molar-refractivity contribution in [3.8, 4) is 5.75 Å². The number of nitrogens with zero attached hydrogens (tertiary/aromatic N) is 2. The molecule has 0 saturated carbocycles. The maximum Gasteiger partial charge on any atom is 0.260 e. The number of methoxy groups -OCH3 is 1. The number of para-hydroxylation sites is 2. The average Bonchev–Trinajstić information content (AvgIpc) is 2.76. The van der Waals surface area contributed by atoms with Crippen molar-refractivity contribution in [2.75, 3.05) is 7.11 Å². The lowest BCUT2D eigenvalue weighted by molar-refractivity contribution is -0.121. The first-order valence-corrected chi connectivity index (χ1v) is 10.9. The van der Waals surface area contributed by atoms with Gasteiger partial charge in [0.1, 0.15) is 12.3 Å². The van der Waals surface area contributed by atoms with Gasteiger partial charge in [0, 0.05) is 10.8 Å². The third-order valence-corrected chi connectivity index (χ3v) is 5.99. The van der Waals surface area contributed by atoms with E-state index in [9.17, 15) is 9.59 Å². The van der Waals surface area contributed by atoms with Crippen LogP contribution in [0.15, 0.2) is 79.5 Å². The van der Waals surface area contributed by atoms with Gasteiger partial charge in [0.2, 0.25) is 0 Å². The number of hydrogen-bond acceptors (Lipinski definition) is 4. The lowest BCUT2D eigenvalue weighted by Crippen LogP contribution is -2.25. The fourth-order valence-electron chi connectivity index (χ4n) is 3.45. The lowest BCUT2D eigenvalue weighted by atomic mass is 10.1. The topological polar surface area (TPSA) is 72.7 Å². The SMILES string of the molecule is COc1c(Br)cc(C=NNC(=O)Cn2c3ccccc3c(=O)c3ccccc32)cc1Br. The number of carbonyl (C=O) groups is 1. The van der Waals surface area contributed by atoms with E-state index in [1.807, 2.05) is 53.1 Å². The number of benzene rings is 3. The van der Waals surface area contributed by atoms with Crippen LogP contribution in [-0.4, -0.2) is 23.8 Å². The zero-order chi connectivity index (χ0) is 22.0. The molecule has 0 aliphatic carbocycles. The second-order valence-corrected chi connectivity index (χ2v) is 8.47. The molecule has 0 atom stereocenters. The van der Waals surface area contributed by atoms with E-state index in [-0.39, 0.29) is 17.9 Å². The van der Waals surface area contributed by atoms with E-state index < -0.39 is 0 Å². The van der Waals surface area contributed by atoms with Crippen LogP contribution in [0.1, 0.15) is 5.56 Å². The highest BCUT2D eigenvalue weighted by molar-refractivity contribution is 9.11. The summed E-state index contributed by atoms with van der Waals surface area (Å²) < 4.78 is 8.65. The molecule has 0 spiro atoms. The summed E-state index contributed by atoms with van der Waals surface area (Å²) in [7, 11) is 1.59. The fourth-order valence-corrected chi connectivity index (χ4v) is 5.00. The largest absolute Gasteiger partial charge is 0.494 e. The summed E-state index contributed by atoms with van der Waals surface area (Å²) in [6.45, 7) is 0.0225. The summed E-state index contributed by atoms with van der Waals surface area (Å²) in [4.78, 5) is 25.4. The van der Waals surface area contributed by atoms with Crippen molar-refractivity contribution in [2.24, 2.45) is 5.10 Å². The summed E-state index contributed by atoms with van der Waals surface area (Å²) in [5, 5.41) is 5.22. The van der Waals surface area contributed by atoms with Crippen LogP contribution in [0.2, 0.25) is 0 Å². The molecule has 0 aliphatic heterocycles. The summed E-state index contributed by atoms with van der Waals surface area (Å²) in [6, 6.07) is 18.2. The first kappa shape index (κ1) is 21.3. The van der Waals surface area contributed by atoms with Gasteiger partial charge in [-0.3, -0.25) is 9.59 Å². The van der Waals surface area contributed by atoms with Crippen LogP contribution < -0.4 is 15.6 Å². The van der Waals surface area contributed by atoms with Crippen LogP contribution in [0.25, 0.3) is 21.8 Å². The second-order valence-electron chi connectivity index (χ2n) is 6.76. The second kappa shape index (κ2) is 9.03. The zero-order valence-corrected chi connectivity index (χ0v) is 19.6. The molecule has 8 heteroatoms. The molecule has 156 valence electrons. The van der Waals surface area contributed by atoms with E-state index in [2.05, 4.69) is 42.4 Å². The smallest absolute Gasteiger partial charge is 0.260 e. The van der Waals surface area contributed by atoms with Gasteiger partial charge < -0.3 is 9.30 Å². The van der Waals surface area contributed by atoms with Crippen molar-refractivity contribution in [1.82, 2.24) is 9.99 Å². The van der Waals surface area contributed by atoms with Crippen molar-refractivity contribution in [3.63, 3.8) is 0 Å². The number of amides is 1. The summed E-state index contributed by atoms with van der Waals surface area (Å²) >= 11 is 6.88. The van der Waals surface area contributed by atoms with Gasteiger partial charge >= 0.3 is 0 Å². The molecule has 0 fully saturated rings. The number of pyridine rings is 1. The van der Waals surface area contributed by atoms with Crippen LogP contribution in [0.5, 0.6) is 5.75 Å². The first-order chi connectivity index (χ1) is 15.0. The number of hydrazone groups is 1. The number of nitrogens with one attached hydrogen (secondary N) is 1. The minimum Gasteiger partial charge on any atom is -0.494 e. The molecule has 31 heavy (non-hydrogen) atoms. The predicted octanol–water partition coefficient (Wildman–Crippen LogP) is 4.84. The maximum absolute atomic E-state index is 12.8. The van der Waals surface area contributed by atoms with Gasteiger partial charge in [-0.2, -0.15) is 5.10 Å². The number of halogens is 2. The van der Waals surface area contributed by atoms with Crippen molar-refractivity contribution in [1.29, 1.82) is 0 Å². The standard InChI is InChI=1S/C23H17Br2N3O3/c1-31-23-17(24)10-14(11-18(23)25)12-26-27-21(29)13-28-19-8-4-2-6-15(19)22(30)16-7-3-5-9-20(16)28/h2-12H,13H2,1H3,(H,27,29). The Kier molecular flexibility index (Phi) is 6.20. The van der Waals surface area contributed by atoms with Gasteiger partial charge in [-0.05, 0) is 73.8 Å². The number of ether oxygens (including phenoxy) is 1. The molecule has 6 nitrogen and oxygen atoms in total. The quantitative estimate of drug-likeness (QED) is 0.223. The molecule has 4 rings (SSSR count). The number of aromatic nitrogens is 1. The fraction of sp³-hybridized carbons (Fsp3) is 0.0870. The summed E-state index contributed by atoms with van der Waals surface area (Å²) in [5.74, 6) is 0.375. The molecule has 1 N–H and O–H groups in total. The molecule has 4 aromatic rings. The van der Waals surface area contributed by atoms with Crippen molar-refractivity contribution < 1.29 is 9.53 Å². The Labute approximate surface area is 194 Å². The van der Waals surface area contributed by atoms with E-state index >= 15 is 0 Å². The minimum atomic E-state index is -0.304. The Morgan fingerprint density at radius 3 is 2.13 bits per heavy atom. The molecule has 0 saturated heterocycles.